The van der Waals surface area contributed by atoms with Gasteiger partial charge >= 0.3 is 0 Å². The molecular weight excluding hydrogens is 324 g/mol. The van der Waals surface area contributed by atoms with Crippen molar-refractivity contribution in [1.29, 1.82) is 0 Å². The zero-order valence-electron chi connectivity index (χ0n) is 14.7. The van der Waals surface area contributed by atoms with Gasteiger partial charge in [-0.15, -0.1) is 10.2 Å². The van der Waals surface area contributed by atoms with Crippen LogP contribution in [0.5, 0.6) is 0 Å². The summed E-state index contributed by atoms with van der Waals surface area (Å²) in [5, 5.41) is 8.53. The Bertz CT molecular complexity index is 909. The van der Waals surface area contributed by atoms with Crippen LogP contribution in [-0.4, -0.2) is 29.2 Å². The molecule has 0 fully saturated rings. The lowest BCUT2D eigenvalue weighted by molar-refractivity contribution is 0.0982. The number of carbonyl (C=O) groups is 1. The first-order chi connectivity index (χ1) is 12.8. The Morgan fingerprint density at radius 1 is 1.00 bits per heavy atom. The third kappa shape index (κ3) is 2.92. The summed E-state index contributed by atoms with van der Waals surface area (Å²) in [7, 11) is 0. The molecular formula is C21H20N4O. The second kappa shape index (κ2) is 6.96. The topological polar surface area (TPSA) is 49.3 Å². The van der Waals surface area contributed by atoms with Gasteiger partial charge in [-0.1, -0.05) is 36.4 Å². The molecule has 0 radical (unpaired) electrons. The monoisotopic (exact) mass is 344 g/mol. The second-order valence-corrected chi connectivity index (χ2v) is 6.19. The maximum absolute atomic E-state index is 12.8. The van der Waals surface area contributed by atoms with Crippen molar-refractivity contribution in [2.45, 2.75) is 13.3 Å². The highest BCUT2D eigenvalue weighted by atomic mass is 16.2. The fraction of sp³-hybridized carbons (Fsp3) is 0.190. The number of amides is 1. The molecule has 5 heteroatoms. The quantitative estimate of drug-likeness (QED) is 0.721. The number of rotatable bonds is 4. The minimum atomic E-state index is -0.139. The Morgan fingerprint density at radius 2 is 1.77 bits per heavy atom. The lowest BCUT2D eigenvalue weighted by atomic mass is 10.2. The molecule has 0 N–H and O–H groups in total. The molecule has 0 saturated heterocycles. The fourth-order valence-electron chi connectivity index (χ4n) is 3.35. The SMILES string of the molecule is CCN(C(=O)c1ccc(N2CCc3ccccc32)nn1)c1ccccc1. The van der Waals surface area contributed by atoms with E-state index in [1.165, 1.54) is 11.3 Å². The molecule has 0 spiro atoms. The zero-order valence-corrected chi connectivity index (χ0v) is 14.7. The maximum atomic E-state index is 12.8. The van der Waals surface area contributed by atoms with E-state index in [1.807, 2.05) is 49.4 Å². The summed E-state index contributed by atoms with van der Waals surface area (Å²) in [6.07, 6.45) is 0.996. The van der Waals surface area contributed by atoms with Gasteiger partial charge in [-0.3, -0.25) is 4.79 Å². The van der Waals surface area contributed by atoms with Gasteiger partial charge in [0, 0.05) is 24.5 Å². The molecule has 2 aromatic carbocycles. The van der Waals surface area contributed by atoms with E-state index >= 15 is 0 Å². The first kappa shape index (κ1) is 16.3. The predicted molar refractivity (Wildman–Crippen MR) is 103 cm³/mol. The lowest BCUT2D eigenvalue weighted by Crippen LogP contribution is -2.31. The summed E-state index contributed by atoms with van der Waals surface area (Å²) in [6.45, 7) is 3.41. The van der Waals surface area contributed by atoms with E-state index in [4.69, 9.17) is 0 Å². The van der Waals surface area contributed by atoms with Crippen LogP contribution >= 0.6 is 0 Å². The van der Waals surface area contributed by atoms with Crippen LogP contribution in [0.15, 0.2) is 66.7 Å². The molecule has 5 nitrogen and oxygen atoms in total. The van der Waals surface area contributed by atoms with Crippen molar-refractivity contribution in [3.8, 4) is 0 Å². The summed E-state index contributed by atoms with van der Waals surface area (Å²) < 4.78 is 0. The molecule has 0 saturated carbocycles. The average molecular weight is 344 g/mol. The number of carbonyl (C=O) groups excluding carboxylic acids is 1. The summed E-state index contributed by atoms with van der Waals surface area (Å²) >= 11 is 0. The molecule has 3 aromatic rings. The summed E-state index contributed by atoms with van der Waals surface area (Å²) in [6, 6.07) is 21.6. The molecule has 2 heterocycles. The van der Waals surface area contributed by atoms with E-state index in [9.17, 15) is 4.79 Å². The van der Waals surface area contributed by atoms with Gasteiger partial charge in [0.2, 0.25) is 0 Å². The first-order valence-electron chi connectivity index (χ1n) is 8.84. The predicted octanol–water partition coefficient (Wildman–Crippen LogP) is 3.84. The Hall–Kier alpha value is -3.21. The molecule has 1 amide bonds. The van der Waals surface area contributed by atoms with Gasteiger partial charge in [0.15, 0.2) is 11.5 Å². The Labute approximate surface area is 152 Å². The van der Waals surface area contributed by atoms with Crippen LogP contribution in [0.4, 0.5) is 17.2 Å². The number of nitrogens with zero attached hydrogens (tertiary/aromatic N) is 4. The van der Waals surface area contributed by atoms with Crippen LogP contribution in [0, 0.1) is 0 Å². The van der Waals surface area contributed by atoms with Gasteiger partial charge < -0.3 is 9.80 Å². The van der Waals surface area contributed by atoms with Crippen molar-refractivity contribution in [2.75, 3.05) is 22.9 Å². The number of benzene rings is 2. The minimum Gasteiger partial charge on any atom is -0.324 e. The van der Waals surface area contributed by atoms with Crippen molar-refractivity contribution < 1.29 is 4.79 Å². The van der Waals surface area contributed by atoms with Crippen LogP contribution in [0.25, 0.3) is 0 Å². The highest BCUT2D eigenvalue weighted by Crippen LogP contribution is 2.32. The van der Waals surface area contributed by atoms with E-state index in [0.29, 0.717) is 12.2 Å². The first-order valence-corrected chi connectivity index (χ1v) is 8.84. The Morgan fingerprint density at radius 3 is 2.50 bits per heavy atom. The number of anilines is 3. The molecule has 26 heavy (non-hydrogen) atoms. The number of aromatic nitrogens is 2. The van der Waals surface area contributed by atoms with E-state index < -0.39 is 0 Å². The largest absolute Gasteiger partial charge is 0.324 e. The van der Waals surface area contributed by atoms with Crippen molar-refractivity contribution in [1.82, 2.24) is 10.2 Å². The van der Waals surface area contributed by atoms with Crippen molar-refractivity contribution in [3.63, 3.8) is 0 Å². The number of hydrogen-bond acceptors (Lipinski definition) is 4. The molecule has 0 unspecified atom stereocenters. The molecule has 1 aromatic heterocycles. The third-order valence-corrected chi connectivity index (χ3v) is 4.66. The van der Waals surface area contributed by atoms with Gasteiger partial charge in [0.25, 0.3) is 5.91 Å². The molecule has 0 bridgehead atoms. The number of fused-ring (bicyclic) bond motifs is 1. The van der Waals surface area contributed by atoms with E-state index in [0.717, 1.165) is 24.5 Å². The molecule has 4 rings (SSSR count). The summed E-state index contributed by atoms with van der Waals surface area (Å²) in [4.78, 5) is 16.7. The van der Waals surface area contributed by atoms with Gasteiger partial charge in [-0.2, -0.15) is 0 Å². The molecule has 1 aliphatic heterocycles. The van der Waals surface area contributed by atoms with Crippen molar-refractivity contribution in [3.05, 3.63) is 78.0 Å². The van der Waals surface area contributed by atoms with Gasteiger partial charge in [-0.05, 0) is 49.2 Å². The normalized spacial score (nSPS) is 12.7. The maximum Gasteiger partial charge on any atom is 0.278 e. The van der Waals surface area contributed by atoms with Crippen LogP contribution in [-0.2, 0) is 6.42 Å². The van der Waals surface area contributed by atoms with Gasteiger partial charge in [0.05, 0.1) is 0 Å². The van der Waals surface area contributed by atoms with E-state index in [2.05, 4.69) is 33.3 Å². The number of para-hydroxylation sites is 2. The van der Waals surface area contributed by atoms with Crippen molar-refractivity contribution in [2.24, 2.45) is 0 Å². The van der Waals surface area contributed by atoms with Gasteiger partial charge in [0.1, 0.15) is 0 Å². The standard InChI is InChI=1S/C21H20N4O/c1-2-24(17-9-4-3-5-10-17)21(26)18-12-13-20(23-22-18)25-15-14-16-8-6-7-11-19(16)25/h3-13H,2,14-15H2,1H3. The molecule has 1 aliphatic rings. The highest BCUT2D eigenvalue weighted by molar-refractivity contribution is 6.04. The molecule has 0 aliphatic carbocycles. The Balaban J connectivity index is 1.57. The van der Waals surface area contributed by atoms with Crippen LogP contribution in [0.3, 0.4) is 0 Å². The zero-order chi connectivity index (χ0) is 17.9. The van der Waals surface area contributed by atoms with Crippen molar-refractivity contribution >= 4 is 23.1 Å². The summed E-state index contributed by atoms with van der Waals surface area (Å²) in [5.41, 5.74) is 3.70. The van der Waals surface area contributed by atoms with E-state index in [-0.39, 0.29) is 5.91 Å². The lowest BCUT2D eigenvalue weighted by Gasteiger charge is -2.21. The Kier molecular flexibility index (Phi) is 4.35. The fourth-order valence-corrected chi connectivity index (χ4v) is 3.35. The van der Waals surface area contributed by atoms with Gasteiger partial charge in [-0.25, -0.2) is 0 Å². The summed E-state index contributed by atoms with van der Waals surface area (Å²) in [5.74, 6) is 0.633. The van der Waals surface area contributed by atoms with E-state index in [1.54, 1.807) is 11.0 Å². The highest BCUT2D eigenvalue weighted by Gasteiger charge is 2.22. The second-order valence-electron chi connectivity index (χ2n) is 6.19. The molecule has 0 atom stereocenters. The van der Waals surface area contributed by atoms with Crippen LogP contribution in [0.2, 0.25) is 0 Å². The third-order valence-electron chi connectivity index (χ3n) is 4.66. The molecule has 130 valence electrons. The van der Waals surface area contributed by atoms with Crippen LogP contribution < -0.4 is 9.80 Å². The average Bonchev–Trinajstić information content (AvgIpc) is 3.13. The number of hydrogen-bond donors (Lipinski definition) is 0. The smallest absolute Gasteiger partial charge is 0.278 e. The van der Waals surface area contributed by atoms with Crippen LogP contribution in [0.1, 0.15) is 23.0 Å². The minimum absolute atomic E-state index is 0.139.